The fraction of sp³-hybridized carbons (Fsp3) is 0.538. The molecule has 1 atom stereocenters. The molecule has 1 heterocycles. The predicted octanol–water partition coefficient (Wildman–Crippen LogP) is 2.14. The monoisotopic (exact) mass is 204 g/mol. The Labute approximate surface area is 92.5 Å². The van der Waals surface area contributed by atoms with E-state index >= 15 is 0 Å². The standard InChI is InChI=1S/C13H20N2/c1-11-6-4-5-7-13(11)15-9-8-14(3)12(2)10-15/h4-7,12H,8-10H2,1-3H3/t12-/m1/s1. The fourth-order valence-electron chi connectivity index (χ4n) is 2.19. The third-order valence-electron chi connectivity index (χ3n) is 3.42. The van der Waals surface area contributed by atoms with Crippen LogP contribution in [0.3, 0.4) is 0 Å². The highest BCUT2D eigenvalue weighted by molar-refractivity contribution is 5.53. The number of piperazine rings is 1. The van der Waals surface area contributed by atoms with Crippen LogP contribution < -0.4 is 4.90 Å². The van der Waals surface area contributed by atoms with Crippen LogP contribution in [0.1, 0.15) is 12.5 Å². The molecule has 0 saturated carbocycles. The number of hydrogen-bond acceptors (Lipinski definition) is 2. The van der Waals surface area contributed by atoms with Gasteiger partial charge < -0.3 is 9.80 Å². The molecule has 0 bridgehead atoms. The summed E-state index contributed by atoms with van der Waals surface area (Å²) in [5, 5.41) is 0. The molecule has 15 heavy (non-hydrogen) atoms. The van der Waals surface area contributed by atoms with Gasteiger partial charge in [-0.1, -0.05) is 18.2 Å². The molecule has 82 valence electrons. The second-order valence-electron chi connectivity index (χ2n) is 4.56. The lowest BCUT2D eigenvalue weighted by atomic mass is 10.1. The van der Waals surface area contributed by atoms with Crippen LogP contribution in [0.2, 0.25) is 0 Å². The fourth-order valence-corrected chi connectivity index (χ4v) is 2.19. The van der Waals surface area contributed by atoms with Crippen LogP contribution in [0, 0.1) is 6.92 Å². The second kappa shape index (κ2) is 4.23. The quantitative estimate of drug-likeness (QED) is 0.691. The lowest BCUT2D eigenvalue weighted by molar-refractivity contribution is 0.234. The molecule has 0 unspecified atom stereocenters. The van der Waals surface area contributed by atoms with Gasteiger partial charge in [-0.15, -0.1) is 0 Å². The molecular weight excluding hydrogens is 184 g/mol. The summed E-state index contributed by atoms with van der Waals surface area (Å²) in [5.74, 6) is 0. The van der Waals surface area contributed by atoms with E-state index in [2.05, 4.69) is 55.0 Å². The van der Waals surface area contributed by atoms with Crippen molar-refractivity contribution in [3.63, 3.8) is 0 Å². The first-order valence-electron chi connectivity index (χ1n) is 5.69. The summed E-state index contributed by atoms with van der Waals surface area (Å²) >= 11 is 0. The molecule has 1 aromatic rings. The molecule has 2 nitrogen and oxygen atoms in total. The van der Waals surface area contributed by atoms with Crippen molar-refractivity contribution < 1.29 is 0 Å². The van der Waals surface area contributed by atoms with E-state index < -0.39 is 0 Å². The predicted molar refractivity (Wildman–Crippen MR) is 65.5 cm³/mol. The van der Waals surface area contributed by atoms with Crippen LogP contribution in [0.15, 0.2) is 24.3 Å². The Morgan fingerprint density at radius 1 is 1.20 bits per heavy atom. The molecule has 1 aromatic carbocycles. The van der Waals surface area contributed by atoms with Crippen molar-refractivity contribution >= 4 is 5.69 Å². The van der Waals surface area contributed by atoms with Crippen molar-refractivity contribution in [3.8, 4) is 0 Å². The van der Waals surface area contributed by atoms with Gasteiger partial charge in [0.15, 0.2) is 0 Å². The van der Waals surface area contributed by atoms with E-state index in [1.54, 1.807) is 0 Å². The number of benzene rings is 1. The molecule has 2 heteroatoms. The summed E-state index contributed by atoms with van der Waals surface area (Å²) in [6, 6.07) is 9.31. The third kappa shape index (κ3) is 2.15. The Balaban J connectivity index is 2.15. The molecule has 0 aliphatic carbocycles. The van der Waals surface area contributed by atoms with Gasteiger partial charge in [-0.3, -0.25) is 0 Å². The van der Waals surface area contributed by atoms with E-state index in [4.69, 9.17) is 0 Å². The summed E-state index contributed by atoms with van der Waals surface area (Å²) < 4.78 is 0. The summed E-state index contributed by atoms with van der Waals surface area (Å²) in [5.41, 5.74) is 2.78. The van der Waals surface area contributed by atoms with Gasteiger partial charge in [-0.05, 0) is 32.5 Å². The molecule has 0 spiro atoms. The van der Waals surface area contributed by atoms with Gasteiger partial charge in [0.25, 0.3) is 0 Å². The maximum Gasteiger partial charge on any atom is 0.0396 e. The molecule has 1 saturated heterocycles. The van der Waals surface area contributed by atoms with Gasteiger partial charge in [-0.25, -0.2) is 0 Å². The Morgan fingerprint density at radius 2 is 1.93 bits per heavy atom. The highest BCUT2D eigenvalue weighted by atomic mass is 15.3. The maximum atomic E-state index is 2.50. The lowest BCUT2D eigenvalue weighted by Crippen LogP contribution is -2.50. The van der Waals surface area contributed by atoms with Crippen molar-refractivity contribution in [2.45, 2.75) is 19.9 Å². The first kappa shape index (κ1) is 10.5. The first-order chi connectivity index (χ1) is 7.18. The highest BCUT2D eigenvalue weighted by Crippen LogP contribution is 2.21. The molecule has 0 N–H and O–H groups in total. The number of aryl methyl sites for hydroxylation is 1. The van der Waals surface area contributed by atoms with Gasteiger partial charge in [-0.2, -0.15) is 0 Å². The minimum atomic E-state index is 0.651. The maximum absolute atomic E-state index is 2.50. The Morgan fingerprint density at radius 3 is 2.60 bits per heavy atom. The Kier molecular flexibility index (Phi) is 2.96. The molecule has 0 amide bonds. The number of para-hydroxylation sites is 1. The molecule has 1 fully saturated rings. The molecule has 0 radical (unpaired) electrons. The van der Waals surface area contributed by atoms with Crippen LogP contribution in [0.5, 0.6) is 0 Å². The molecule has 1 aliphatic heterocycles. The van der Waals surface area contributed by atoms with Gasteiger partial charge in [0, 0.05) is 31.4 Å². The highest BCUT2D eigenvalue weighted by Gasteiger charge is 2.21. The van der Waals surface area contributed by atoms with Crippen molar-refractivity contribution in [2.24, 2.45) is 0 Å². The number of likely N-dealkylation sites (N-methyl/N-ethyl adjacent to an activating group) is 1. The average Bonchev–Trinajstić information content (AvgIpc) is 2.23. The van der Waals surface area contributed by atoms with Crippen molar-refractivity contribution in [3.05, 3.63) is 29.8 Å². The molecular formula is C13H20N2. The van der Waals surface area contributed by atoms with E-state index in [9.17, 15) is 0 Å². The van der Waals surface area contributed by atoms with Gasteiger partial charge in [0.05, 0.1) is 0 Å². The van der Waals surface area contributed by atoms with Gasteiger partial charge in [0.2, 0.25) is 0 Å². The summed E-state index contributed by atoms with van der Waals surface area (Å²) in [7, 11) is 2.21. The topological polar surface area (TPSA) is 6.48 Å². The number of rotatable bonds is 1. The zero-order valence-electron chi connectivity index (χ0n) is 9.90. The van der Waals surface area contributed by atoms with Gasteiger partial charge in [0.1, 0.15) is 0 Å². The largest absolute Gasteiger partial charge is 0.368 e. The normalized spacial score (nSPS) is 23.1. The van der Waals surface area contributed by atoms with Crippen molar-refractivity contribution in [1.82, 2.24) is 4.90 Å². The number of hydrogen-bond donors (Lipinski definition) is 0. The van der Waals surface area contributed by atoms with Crippen molar-refractivity contribution in [2.75, 3.05) is 31.6 Å². The number of anilines is 1. The molecule has 1 aliphatic rings. The van der Waals surface area contributed by atoms with E-state index in [1.165, 1.54) is 11.3 Å². The van der Waals surface area contributed by atoms with Gasteiger partial charge >= 0.3 is 0 Å². The molecule has 0 aromatic heterocycles. The average molecular weight is 204 g/mol. The zero-order chi connectivity index (χ0) is 10.8. The van der Waals surface area contributed by atoms with Crippen molar-refractivity contribution in [1.29, 1.82) is 0 Å². The minimum absolute atomic E-state index is 0.651. The summed E-state index contributed by atoms with van der Waals surface area (Å²) in [6.07, 6.45) is 0. The smallest absolute Gasteiger partial charge is 0.0396 e. The Bertz CT molecular complexity index is 335. The van der Waals surface area contributed by atoms with Crippen LogP contribution >= 0.6 is 0 Å². The first-order valence-corrected chi connectivity index (χ1v) is 5.69. The van der Waals surface area contributed by atoms with Crippen LogP contribution in [0.25, 0.3) is 0 Å². The van der Waals surface area contributed by atoms with Crippen LogP contribution in [-0.2, 0) is 0 Å². The lowest BCUT2D eigenvalue weighted by Gasteiger charge is -2.39. The molecule has 2 rings (SSSR count). The van der Waals surface area contributed by atoms with E-state index in [0.29, 0.717) is 6.04 Å². The summed E-state index contributed by atoms with van der Waals surface area (Å²) in [6.45, 7) is 7.94. The number of nitrogens with zero attached hydrogens (tertiary/aromatic N) is 2. The second-order valence-corrected chi connectivity index (χ2v) is 4.56. The third-order valence-corrected chi connectivity index (χ3v) is 3.42. The minimum Gasteiger partial charge on any atom is -0.368 e. The van der Waals surface area contributed by atoms with E-state index in [1.807, 2.05) is 0 Å². The zero-order valence-corrected chi connectivity index (χ0v) is 9.90. The Hall–Kier alpha value is -1.02. The SMILES string of the molecule is Cc1ccccc1N1CCN(C)[C@H](C)C1. The van der Waals surface area contributed by atoms with E-state index in [-0.39, 0.29) is 0 Å². The van der Waals surface area contributed by atoms with Crippen LogP contribution in [0.4, 0.5) is 5.69 Å². The summed E-state index contributed by atoms with van der Waals surface area (Å²) in [4.78, 5) is 4.93. The van der Waals surface area contributed by atoms with Crippen LogP contribution in [-0.4, -0.2) is 37.6 Å². The van der Waals surface area contributed by atoms with E-state index in [0.717, 1.165) is 19.6 Å².